The average molecular weight is 292 g/mol. The summed E-state index contributed by atoms with van der Waals surface area (Å²) < 4.78 is 30.9. The summed E-state index contributed by atoms with van der Waals surface area (Å²) in [6, 6.07) is 8.34. The average Bonchev–Trinajstić information content (AvgIpc) is 2.83. The Balaban J connectivity index is 1.98. The van der Waals surface area contributed by atoms with Crippen molar-refractivity contribution in [1.29, 1.82) is 5.26 Å². The van der Waals surface area contributed by atoms with E-state index in [9.17, 15) is 8.42 Å². The van der Waals surface area contributed by atoms with Gasteiger partial charge in [0.25, 0.3) is 0 Å². The Kier molecular flexibility index (Phi) is 4.12. The topological polar surface area (TPSA) is 109 Å². The second-order valence-corrected chi connectivity index (χ2v) is 5.93. The minimum Gasteiger partial charge on any atom is -0.340 e. The van der Waals surface area contributed by atoms with Crippen molar-refractivity contribution in [3.05, 3.63) is 47.1 Å². The van der Waals surface area contributed by atoms with Gasteiger partial charge in [0.15, 0.2) is 5.82 Å². The Labute approximate surface area is 116 Å². The zero-order valence-electron chi connectivity index (χ0n) is 10.7. The smallest absolute Gasteiger partial charge is 0.223 e. The van der Waals surface area contributed by atoms with E-state index >= 15 is 0 Å². The van der Waals surface area contributed by atoms with E-state index in [1.807, 2.05) is 6.07 Å². The van der Waals surface area contributed by atoms with Crippen molar-refractivity contribution in [2.75, 3.05) is 0 Å². The zero-order chi connectivity index (χ0) is 14.6. The molecule has 20 heavy (non-hydrogen) atoms. The fourth-order valence-corrected chi connectivity index (χ4v) is 2.62. The molecule has 0 unspecified atom stereocenters. The van der Waals surface area contributed by atoms with Crippen LogP contribution in [0.2, 0.25) is 0 Å². The first-order chi connectivity index (χ1) is 9.48. The van der Waals surface area contributed by atoms with Gasteiger partial charge in [0.2, 0.25) is 15.9 Å². The Hall–Kier alpha value is -2.24. The van der Waals surface area contributed by atoms with Crippen LogP contribution in [0.1, 0.15) is 22.8 Å². The summed E-state index contributed by atoms with van der Waals surface area (Å²) >= 11 is 0. The SMILES string of the molecule is Cc1nc(CNS(=O)(=O)Cc2ccc(C#N)cc2)no1. The third kappa shape index (κ3) is 3.88. The fourth-order valence-electron chi connectivity index (χ4n) is 1.53. The molecule has 2 rings (SSSR count). The molecule has 0 aliphatic carbocycles. The molecule has 0 atom stereocenters. The van der Waals surface area contributed by atoms with Gasteiger partial charge in [-0.05, 0) is 17.7 Å². The van der Waals surface area contributed by atoms with Crippen LogP contribution in [0.15, 0.2) is 28.8 Å². The minimum absolute atomic E-state index is 0.0179. The van der Waals surface area contributed by atoms with E-state index in [-0.39, 0.29) is 18.1 Å². The van der Waals surface area contributed by atoms with Crippen molar-refractivity contribution in [3.8, 4) is 6.07 Å². The predicted molar refractivity (Wildman–Crippen MR) is 69.7 cm³/mol. The number of nitrogens with one attached hydrogen (secondary N) is 1. The molecule has 7 nitrogen and oxygen atoms in total. The van der Waals surface area contributed by atoms with E-state index in [1.54, 1.807) is 31.2 Å². The quantitative estimate of drug-likeness (QED) is 0.875. The maximum atomic E-state index is 11.9. The van der Waals surface area contributed by atoms with Crippen LogP contribution in [0, 0.1) is 18.3 Å². The van der Waals surface area contributed by atoms with Crippen LogP contribution in [0.3, 0.4) is 0 Å². The molecule has 0 spiro atoms. The van der Waals surface area contributed by atoms with Crippen LogP contribution >= 0.6 is 0 Å². The van der Waals surface area contributed by atoms with Gasteiger partial charge in [-0.25, -0.2) is 13.1 Å². The number of hydrogen-bond acceptors (Lipinski definition) is 6. The predicted octanol–water partition coefficient (Wildman–Crippen LogP) is 0.869. The maximum Gasteiger partial charge on any atom is 0.223 e. The number of aromatic nitrogens is 2. The summed E-state index contributed by atoms with van der Waals surface area (Å²) in [6.45, 7) is 1.61. The second-order valence-electron chi connectivity index (χ2n) is 4.12. The van der Waals surface area contributed by atoms with E-state index in [1.165, 1.54) is 0 Å². The van der Waals surface area contributed by atoms with E-state index in [2.05, 4.69) is 14.9 Å². The third-order valence-corrected chi connectivity index (χ3v) is 3.76. The van der Waals surface area contributed by atoms with Gasteiger partial charge >= 0.3 is 0 Å². The molecule has 0 bridgehead atoms. The Morgan fingerprint density at radius 3 is 2.60 bits per heavy atom. The van der Waals surface area contributed by atoms with Gasteiger partial charge in [-0.2, -0.15) is 10.2 Å². The van der Waals surface area contributed by atoms with Crippen molar-refractivity contribution in [2.45, 2.75) is 19.2 Å². The number of aryl methyl sites for hydroxylation is 1. The van der Waals surface area contributed by atoms with Crippen LogP contribution < -0.4 is 4.72 Å². The molecule has 1 N–H and O–H groups in total. The summed E-state index contributed by atoms with van der Waals surface area (Å²) in [7, 11) is -3.50. The normalized spacial score (nSPS) is 11.2. The molecule has 1 heterocycles. The number of benzene rings is 1. The van der Waals surface area contributed by atoms with Crippen LogP contribution in [0.5, 0.6) is 0 Å². The van der Waals surface area contributed by atoms with Crippen LogP contribution in [-0.4, -0.2) is 18.6 Å². The number of nitrogens with zero attached hydrogens (tertiary/aromatic N) is 3. The summed E-state index contributed by atoms with van der Waals surface area (Å²) in [5.74, 6) is 0.493. The molecule has 0 radical (unpaired) electrons. The highest BCUT2D eigenvalue weighted by molar-refractivity contribution is 7.88. The largest absolute Gasteiger partial charge is 0.340 e. The van der Waals surface area contributed by atoms with Crippen molar-refractivity contribution in [3.63, 3.8) is 0 Å². The third-order valence-electron chi connectivity index (χ3n) is 2.46. The van der Waals surface area contributed by atoms with Gasteiger partial charge in [-0.15, -0.1) is 0 Å². The molecule has 0 amide bonds. The van der Waals surface area contributed by atoms with Crippen LogP contribution in [0.4, 0.5) is 0 Å². The van der Waals surface area contributed by atoms with Gasteiger partial charge in [0.1, 0.15) is 0 Å². The van der Waals surface area contributed by atoms with Crippen molar-refractivity contribution >= 4 is 10.0 Å². The molecular formula is C12H12N4O3S. The Morgan fingerprint density at radius 2 is 2.05 bits per heavy atom. The van der Waals surface area contributed by atoms with Gasteiger partial charge in [-0.1, -0.05) is 17.3 Å². The lowest BCUT2D eigenvalue weighted by molar-refractivity contribution is 0.387. The lowest BCUT2D eigenvalue weighted by Gasteiger charge is -2.04. The molecule has 1 aromatic carbocycles. The number of rotatable bonds is 5. The highest BCUT2D eigenvalue weighted by Gasteiger charge is 2.13. The highest BCUT2D eigenvalue weighted by atomic mass is 32.2. The Morgan fingerprint density at radius 1 is 1.35 bits per heavy atom. The minimum atomic E-state index is -3.50. The molecule has 0 aliphatic rings. The van der Waals surface area contributed by atoms with Crippen molar-refractivity contribution in [1.82, 2.24) is 14.9 Å². The van der Waals surface area contributed by atoms with Crippen LogP contribution in [0.25, 0.3) is 0 Å². The Bertz CT molecular complexity index is 729. The first-order valence-corrected chi connectivity index (χ1v) is 7.39. The molecule has 0 fully saturated rings. The van der Waals surface area contributed by atoms with Gasteiger partial charge in [0, 0.05) is 6.92 Å². The van der Waals surface area contributed by atoms with Crippen molar-refractivity contribution in [2.24, 2.45) is 0 Å². The monoisotopic (exact) mass is 292 g/mol. The standard InChI is InChI=1S/C12H12N4O3S/c1-9-15-12(16-19-9)7-14-20(17,18)8-11-4-2-10(6-13)3-5-11/h2-5,14H,7-8H2,1H3. The van der Waals surface area contributed by atoms with E-state index in [0.29, 0.717) is 17.0 Å². The first-order valence-electron chi connectivity index (χ1n) is 5.74. The highest BCUT2D eigenvalue weighted by Crippen LogP contribution is 2.07. The molecule has 8 heteroatoms. The zero-order valence-corrected chi connectivity index (χ0v) is 11.5. The summed E-state index contributed by atoms with van der Waals surface area (Å²) in [4.78, 5) is 3.90. The lowest BCUT2D eigenvalue weighted by atomic mass is 10.2. The molecule has 0 saturated heterocycles. The molecule has 2 aromatic rings. The van der Waals surface area contributed by atoms with Gasteiger partial charge in [0.05, 0.1) is 23.9 Å². The van der Waals surface area contributed by atoms with Crippen LogP contribution in [-0.2, 0) is 22.3 Å². The van der Waals surface area contributed by atoms with Gasteiger partial charge in [-0.3, -0.25) is 0 Å². The fraction of sp³-hybridized carbons (Fsp3) is 0.250. The molecular weight excluding hydrogens is 280 g/mol. The molecule has 0 aliphatic heterocycles. The number of nitriles is 1. The van der Waals surface area contributed by atoms with E-state index in [0.717, 1.165) is 0 Å². The molecule has 104 valence electrons. The second kappa shape index (κ2) is 5.81. The van der Waals surface area contributed by atoms with Crippen molar-refractivity contribution < 1.29 is 12.9 Å². The summed E-state index contributed by atoms with van der Waals surface area (Å²) in [5, 5.41) is 12.3. The van der Waals surface area contributed by atoms with E-state index < -0.39 is 10.0 Å². The first kappa shape index (κ1) is 14.2. The number of hydrogen-bond donors (Lipinski definition) is 1. The van der Waals surface area contributed by atoms with E-state index in [4.69, 9.17) is 9.78 Å². The summed E-state index contributed by atoms with van der Waals surface area (Å²) in [6.07, 6.45) is 0. The molecule has 1 aromatic heterocycles. The summed E-state index contributed by atoms with van der Waals surface area (Å²) in [5.41, 5.74) is 1.09. The maximum absolute atomic E-state index is 11.9. The number of sulfonamides is 1. The lowest BCUT2D eigenvalue weighted by Crippen LogP contribution is -2.25. The van der Waals surface area contributed by atoms with Gasteiger partial charge < -0.3 is 4.52 Å². The molecule has 0 saturated carbocycles.